The molecule has 28 heavy (non-hydrogen) atoms. The topological polar surface area (TPSA) is 69.7 Å². The lowest BCUT2D eigenvalue weighted by molar-refractivity contribution is -0.122. The van der Waals surface area contributed by atoms with Crippen LogP contribution in [0.25, 0.3) is 0 Å². The van der Waals surface area contributed by atoms with Gasteiger partial charge in [-0.05, 0) is 56.2 Å². The predicted molar refractivity (Wildman–Crippen MR) is 111 cm³/mol. The first-order valence-corrected chi connectivity index (χ1v) is 11.8. The number of aryl methyl sites for hydroxylation is 1. The molecule has 2 aliphatic rings. The first-order valence-electron chi connectivity index (χ1n) is 10.4. The zero-order valence-corrected chi connectivity index (χ0v) is 18.0. The number of likely N-dealkylation sites (tertiary alicyclic amines) is 1. The fourth-order valence-electron chi connectivity index (χ4n) is 3.83. The van der Waals surface area contributed by atoms with Gasteiger partial charge in [-0.2, -0.15) is 4.31 Å². The Morgan fingerprint density at radius 2 is 1.82 bits per heavy atom. The van der Waals surface area contributed by atoms with Gasteiger partial charge in [0, 0.05) is 31.7 Å². The van der Waals surface area contributed by atoms with E-state index in [9.17, 15) is 13.2 Å². The van der Waals surface area contributed by atoms with Gasteiger partial charge in [0.2, 0.25) is 15.9 Å². The van der Waals surface area contributed by atoms with Crippen molar-refractivity contribution in [3.05, 3.63) is 29.8 Å². The Labute approximate surface area is 169 Å². The minimum absolute atomic E-state index is 0.0213. The van der Waals surface area contributed by atoms with Gasteiger partial charge in [0.05, 0.1) is 11.4 Å². The van der Waals surface area contributed by atoms with Gasteiger partial charge < -0.3 is 5.32 Å². The van der Waals surface area contributed by atoms with E-state index in [-0.39, 0.29) is 18.0 Å². The first-order chi connectivity index (χ1) is 13.3. The quantitative estimate of drug-likeness (QED) is 0.718. The summed E-state index contributed by atoms with van der Waals surface area (Å²) in [5, 5.41) is 2.96. The second kappa shape index (κ2) is 8.93. The number of rotatable bonds is 8. The van der Waals surface area contributed by atoms with Gasteiger partial charge in [0.25, 0.3) is 0 Å². The van der Waals surface area contributed by atoms with Crippen molar-refractivity contribution in [2.24, 2.45) is 5.92 Å². The number of piperidine rings is 1. The summed E-state index contributed by atoms with van der Waals surface area (Å²) in [7, 11) is -3.48. The maximum Gasteiger partial charge on any atom is 0.243 e. The first kappa shape index (κ1) is 21.3. The second-order valence-electron chi connectivity index (χ2n) is 8.59. The molecule has 3 rings (SSSR count). The Hall–Kier alpha value is -1.44. The molecule has 2 fully saturated rings. The van der Waals surface area contributed by atoms with Gasteiger partial charge in [0.15, 0.2) is 0 Å². The van der Waals surface area contributed by atoms with E-state index in [2.05, 4.69) is 24.1 Å². The van der Waals surface area contributed by atoms with Crippen LogP contribution in [0.3, 0.4) is 0 Å². The monoisotopic (exact) mass is 407 g/mol. The summed E-state index contributed by atoms with van der Waals surface area (Å²) < 4.78 is 28.4. The van der Waals surface area contributed by atoms with Crippen molar-refractivity contribution in [3.63, 3.8) is 0 Å². The number of nitrogens with zero attached hydrogens (tertiary/aromatic N) is 2. The standard InChI is InChI=1S/C21H33N3O3S/c1-16(2)14-22-21(25)15-23-11-9-19(10-12-23)24(18-7-8-18)28(26,27)20-6-4-5-17(3)13-20/h4-6,13,16,18-19H,7-12,14-15H2,1-3H3,(H,22,25). The van der Waals surface area contributed by atoms with E-state index in [0.29, 0.717) is 23.9 Å². The molecule has 1 N–H and O–H groups in total. The molecule has 0 bridgehead atoms. The van der Waals surface area contributed by atoms with E-state index < -0.39 is 10.0 Å². The zero-order valence-electron chi connectivity index (χ0n) is 17.2. The SMILES string of the molecule is Cc1cccc(S(=O)(=O)N(C2CC2)C2CCN(CC(=O)NCC(C)C)CC2)c1. The highest BCUT2D eigenvalue weighted by molar-refractivity contribution is 7.89. The van der Waals surface area contributed by atoms with Gasteiger partial charge in [-0.1, -0.05) is 26.0 Å². The van der Waals surface area contributed by atoms with Gasteiger partial charge >= 0.3 is 0 Å². The summed E-state index contributed by atoms with van der Waals surface area (Å²) in [5.74, 6) is 0.493. The molecule has 1 saturated carbocycles. The molecule has 1 saturated heterocycles. The molecule has 1 amide bonds. The molecule has 1 aliphatic carbocycles. The number of nitrogens with one attached hydrogen (secondary N) is 1. The van der Waals surface area contributed by atoms with Gasteiger partial charge in [-0.25, -0.2) is 8.42 Å². The van der Waals surface area contributed by atoms with E-state index in [0.717, 1.165) is 44.3 Å². The Kier molecular flexibility index (Phi) is 6.78. The molecular weight excluding hydrogens is 374 g/mol. The Balaban J connectivity index is 1.62. The largest absolute Gasteiger partial charge is 0.355 e. The predicted octanol–water partition coefficient (Wildman–Crippen LogP) is 2.38. The van der Waals surface area contributed by atoms with Gasteiger partial charge in [-0.3, -0.25) is 9.69 Å². The number of hydrogen-bond acceptors (Lipinski definition) is 4. The fraction of sp³-hybridized carbons (Fsp3) is 0.667. The summed E-state index contributed by atoms with van der Waals surface area (Å²) in [6.45, 7) is 8.68. The lowest BCUT2D eigenvalue weighted by atomic mass is 10.0. The minimum atomic E-state index is -3.48. The van der Waals surface area contributed by atoms with Crippen LogP contribution in [0.4, 0.5) is 0 Å². The summed E-state index contributed by atoms with van der Waals surface area (Å²) in [4.78, 5) is 14.6. The molecule has 0 aromatic heterocycles. The molecule has 6 nitrogen and oxygen atoms in total. The Bertz CT molecular complexity index is 782. The number of hydrogen-bond donors (Lipinski definition) is 1. The second-order valence-corrected chi connectivity index (χ2v) is 10.4. The van der Waals surface area contributed by atoms with Gasteiger partial charge in [-0.15, -0.1) is 0 Å². The Morgan fingerprint density at radius 3 is 2.39 bits per heavy atom. The molecule has 1 heterocycles. The van der Waals surface area contributed by atoms with Crippen molar-refractivity contribution in [2.75, 3.05) is 26.2 Å². The van der Waals surface area contributed by atoms with Crippen LogP contribution in [0.15, 0.2) is 29.2 Å². The summed E-state index contributed by atoms with van der Waals surface area (Å²) in [6.07, 6.45) is 3.45. The smallest absolute Gasteiger partial charge is 0.243 e. The summed E-state index contributed by atoms with van der Waals surface area (Å²) in [6, 6.07) is 7.35. The van der Waals surface area contributed by atoms with Crippen molar-refractivity contribution in [1.82, 2.24) is 14.5 Å². The third-order valence-electron chi connectivity index (χ3n) is 5.46. The summed E-state index contributed by atoms with van der Waals surface area (Å²) in [5.41, 5.74) is 0.957. The Morgan fingerprint density at radius 1 is 1.18 bits per heavy atom. The van der Waals surface area contributed by atoms with Crippen LogP contribution in [-0.4, -0.2) is 61.8 Å². The maximum absolute atomic E-state index is 13.3. The highest BCUT2D eigenvalue weighted by atomic mass is 32.2. The number of benzene rings is 1. The average molecular weight is 408 g/mol. The third kappa shape index (κ3) is 5.33. The molecule has 1 aromatic carbocycles. The van der Waals surface area contributed by atoms with Crippen LogP contribution >= 0.6 is 0 Å². The van der Waals surface area contributed by atoms with E-state index >= 15 is 0 Å². The molecule has 1 aromatic rings. The van der Waals surface area contributed by atoms with Gasteiger partial charge in [0.1, 0.15) is 0 Å². The lowest BCUT2D eigenvalue weighted by Crippen LogP contribution is -2.50. The van der Waals surface area contributed by atoms with Crippen molar-refractivity contribution in [2.45, 2.75) is 63.4 Å². The molecule has 0 unspecified atom stereocenters. The van der Waals surface area contributed by atoms with Crippen molar-refractivity contribution in [3.8, 4) is 0 Å². The molecule has 156 valence electrons. The normalized spacial score (nSPS) is 19.3. The van der Waals surface area contributed by atoms with Crippen LogP contribution in [0.2, 0.25) is 0 Å². The third-order valence-corrected chi connectivity index (χ3v) is 7.46. The summed E-state index contributed by atoms with van der Waals surface area (Å²) >= 11 is 0. The highest BCUT2D eigenvalue weighted by Crippen LogP contribution is 2.36. The van der Waals surface area contributed by atoms with E-state index in [1.807, 2.05) is 19.1 Å². The molecular formula is C21H33N3O3S. The average Bonchev–Trinajstić information content (AvgIpc) is 3.46. The van der Waals surface area contributed by atoms with Crippen LogP contribution in [0, 0.1) is 12.8 Å². The number of sulfonamides is 1. The van der Waals surface area contributed by atoms with Crippen molar-refractivity contribution < 1.29 is 13.2 Å². The lowest BCUT2D eigenvalue weighted by Gasteiger charge is -2.37. The number of carbonyl (C=O) groups is 1. The molecule has 0 spiro atoms. The van der Waals surface area contributed by atoms with E-state index in [1.165, 1.54) is 0 Å². The molecule has 0 radical (unpaired) electrons. The van der Waals surface area contributed by atoms with Crippen LogP contribution in [-0.2, 0) is 14.8 Å². The molecule has 1 aliphatic heterocycles. The highest BCUT2D eigenvalue weighted by Gasteiger charge is 2.43. The number of carbonyl (C=O) groups excluding carboxylic acids is 1. The maximum atomic E-state index is 13.3. The molecule has 7 heteroatoms. The van der Waals surface area contributed by atoms with Crippen molar-refractivity contribution in [1.29, 1.82) is 0 Å². The van der Waals surface area contributed by atoms with E-state index in [1.54, 1.807) is 16.4 Å². The molecule has 0 atom stereocenters. The van der Waals surface area contributed by atoms with Crippen LogP contribution < -0.4 is 5.32 Å². The number of amides is 1. The fourth-order valence-corrected chi connectivity index (χ4v) is 5.86. The zero-order chi connectivity index (χ0) is 20.3. The minimum Gasteiger partial charge on any atom is -0.355 e. The van der Waals surface area contributed by atoms with E-state index in [4.69, 9.17) is 0 Å². The van der Waals surface area contributed by atoms with Crippen LogP contribution in [0.1, 0.15) is 45.1 Å². The van der Waals surface area contributed by atoms with Crippen LogP contribution in [0.5, 0.6) is 0 Å². The van der Waals surface area contributed by atoms with Crippen molar-refractivity contribution >= 4 is 15.9 Å².